The first-order chi connectivity index (χ1) is 7.03. The summed E-state index contributed by atoms with van der Waals surface area (Å²) in [6.07, 6.45) is -4.80. The van der Waals surface area contributed by atoms with E-state index < -0.39 is 37.4 Å². The quantitative estimate of drug-likeness (QED) is 0.763. The Balaban J connectivity index is 3.59. The lowest BCUT2D eigenvalue weighted by atomic mass is 10.2. The van der Waals surface area contributed by atoms with Crippen LogP contribution >= 0.6 is 11.6 Å². The number of rotatable bonds is 1. The van der Waals surface area contributed by atoms with Gasteiger partial charge in [-0.25, -0.2) is 13.6 Å². The van der Waals surface area contributed by atoms with Crippen molar-refractivity contribution in [2.75, 3.05) is 5.73 Å². The largest absolute Gasteiger partial charge is 0.418 e. The Morgan fingerprint density at radius 3 is 2.12 bits per heavy atom. The predicted octanol–water partition coefficient (Wildman–Crippen LogP) is 1.59. The molecule has 0 radical (unpaired) electrons. The molecule has 1 rings (SSSR count). The molecule has 90 valence electrons. The number of anilines is 1. The number of halogens is 4. The fourth-order valence-electron chi connectivity index (χ4n) is 0.992. The van der Waals surface area contributed by atoms with Crippen molar-refractivity contribution in [2.24, 2.45) is 5.14 Å². The Kier molecular flexibility index (Phi) is 3.10. The summed E-state index contributed by atoms with van der Waals surface area (Å²) in [4.78, 5) is -0.737. The molecule has 9 heteroatoms. The van der Waals surface area contributed by atoms with Crippen LogP contribution in [0, 0.1) is 0 Å². The van der Waals surface area contributed by atoms with E-state index in [1.54, 1.807) is 0 Å². The van der Waals surface area contributed by atoms with E-state index in [9.17, 15) is 21.6 Å². The molecule has 0 fully saturated rings. The van der Waals surface area contributed by atoms with Crippen LogP contribution in [0.1, 0.15) is 5.56 Å². The molecule has 16 heavy (non-hydrogen) atoms. The van der Waals surface area contributed by atoms with Gasteiger partial charge >= 0.3 is 6.18 Å². The van der Waals surface area contributed by atoms with Crippen molar-refractivity contribution in [3.8, 4) is 0 Å². The van der Waals surface area contributed by atoms with Crippen molar-refractivity contribution in [3.63, 3.8) is 0 Å². The number of alkyl halides is 3. The molecule has 0 heterocycles. The molecule has 0 aliphatic carbocycles. The average Bonchev–Trinajstić information content (AvgIpc) is 2.05. The molecule has 1 aromatic rings. The van der Waals surface area contributed by atoms with Gasteiger partial charge in [0, 0.05) is 0 Å². The number of nitrogen functional groups attached to an aromatic ring is 1. The Labute approximate surface area is 94.0 Å². The van der Waals surface area contributed by atoms with Crippen LogP contribution in [0.3, 0.4) is 0 Å². The molecule has 0 atom stereocenters. The fraction of sp³-hybridized carbons (Fsp3) is 0.143. The van der Waals surface area contributed by atoms with E-state index in [1.165, 1.54) is 0 Å². The first-order valence-electron chi connectivity index (χ1n) is 3.72. The molecule has 0 bridgehead atoms. The fourth-order valence-corrected chi connectivity index (χ4v) is 1.84. The van der Waals surface area contributed by atoms with Crippen LogP contribution in [-0.4, -0.2) is 8.42 Å². The highest BCUT2D eigenvalue weighted by atomic mass is 35.5. The summed E-state index contributed by atoms with van der Waals surface area (Å²) < 4.78 is 59.0. The maximum Gasteiger partial charge on any atom is 0.418 e. The Bertz CT molecular complexity index is 527. The highest BCUT2D eigenvalue weighted by Crippen LogP contribution is 2.38. The lowest BCUT2D eigenvalue weighted by molar-refractivity contribution is -0.137. The van der Waals surface area contributed by atoms with E-state index in [1.807, 2.05) is 0 Å². The molecule has 0 saturated heterocycles. The minimum atomic E-state index is -4.80. The van der Waals surface area contributed by atoms with Gasteiger partial charge in [-0.15, -0.1) is 0 Å². The minimum Gasteiger partial charge on any atom is -0.397 e. The minimum absolute atomic E-state index is 0.344. The van der Waals surface area contributed by atoms with Crippen molar-refractivity contribution in [1.29, 1.82) is 0 Å². The van der Waals surface area contributed by atoms with Crippen LogP contribution in [-0.2, 0) is 16.2 Å². The average molecular weight is 275 g/mol. The third-order valence-electron chi connectivity index (χ3n) is 1.74. The zero-order valence-electron chi connectivity index (χ0n) is 7.55. The lowest BCUT2D eigenvalue weighted by Crippen LogP contribution is -2.16. The van der Waals surface area contributed by atoms with Crippen LogP contribution in [0.4, 0.5) is 18.9 Å². The second kappa shape index (κ2) is 3.79. The number of primary sulfonamides is 1. The number of hydrogen-bond acceptors (Lipinski definition) is 3. The van der Waals surface area contributed by atoms with Gasteiger partial charge in [0.1, 0.15) is 0 Å². The van der Waals surface area contributed by atoms with Crippen molar-refractivity contribution < 1.29 is 21.6 Å². The summed E-state index contributed by atoms with van der Waals surface area (Å²) in [6, 6.07) is 1.11. The standard InChI is InChI=1S/C7H6ClF3N2O2S/c8-5-2-3(16(13,14)15)1-4(6(5)12)7(9,10)11/h1-2H,12H2,(H2,13,14,15). The first-order valence-corrected chi connectivity index (χ1v) is 5.65. The highest BCUT2D eigenvalue weighted by molar-refractivity contribution is 7.89. The van der Waals surface area contributed by atoms with E-state index >= 15 is 0 Å². The van der Waals surface area contributed by atoms with Gasteiger partial charge in [0.05, 0.1) is 21.2 Å². The maximum atomic E-state index is 12.4. The van der Waals surface area contributed by atoms with E-state index in [0.29, 0.717) is 6.07 Å². The summed E-state index contributed by atoms with van der Waals surface area (Å²) in [6.45, 7) is 0. The SMILES string of the molecule is Nc1c(Cl)cc(S(N)(=O)=O)cc1C(F)(F)F. The second-order valence-electron chi connectivity index (χ2n) is 2.91. The molecule has 1 aromatic carbocycles. The smallest absolute Gasteiger partial charge is 0.397 e. The normalized spacial score (nSPS) is 12.8. The van der Waals surface area contributed by atoms with Gasteiger partial charge in [0.25, 0.3) is 0 Å². The predicted molar refractivity (Wildman–Crippen MR) is 52.2 cm³/mol. The topological polar surface area (TPSA) is 86.2 Å². The molecule has 4 nitrogen and oxygen atoms in total. The summed E-state index contributed by atoms with van der Waals surface area (Å²) in [5.41, 5.74) is 3.03. The van der Waals surface area contributed by atoms with Gasteiger partial charge in [-0.2, -0.15) is 13.2 Å². The molecule has 4 N–H and O–H groups in total. The molecule has 0 amide bonds. The van der Waals surface area contributed by atoms with Gasteiger partial charge < -0.3 is 5.73 Å². The molecule has 0 spiro atoms. The number of sulfonamides is 1. The second-order valence-corrected chi connectivity index (χ2v) is 4.88. The first kappa shape index (κ1) is 13.1. The van der Waals surface area contributed by atoms with Crippen LogP contribution in [0.25, 0.3) is 0 Å². The third-order valence-corrected chi connectivity index (χ3v) is 2.94. The maximum absolute atomic E-state index is 12.4. The van der Waals surface area contributed by atoms with Crippen LogP contribution in [0.15, 0.2) is 17.0 Å². The Morgan fingerprint density at radius 1 is 1.25 bits per heavy atom. The molecule has 0 saturated carbocycles. The van der Waals surface area contributed by atoms with E-state index in [0.717, 1.165) is 6.07 Å². The Morgan fingerprint density at radius 2 is 1.75 bits per heavy atom. The number of nitrogens with two attached hydrogens (primary N) is 2. The molecule has 0 unspecified atom stereocenters. The highest BCUT2D eigenvalue weighted by Gasteiger charge is 2.35. The van der Waals surface area contributed by atoms with Crippen LogP contribution in [0.5, 0.6) is 0 Å². The number of benzene rings is 1. The summed E-state index contributed by atoms with van der Waals surface area (Å²) >= 11 is 5.39. The molecule has 0 aliphatic heterocycles. The zero-order valence-corrected chi connectivity index (χ0v) is 9.12. The number of hydrogen-bond donors (Lipinski definition) is 2. The van der Waals surface area contributed by atoms with Gasteiger partial charge in [0.2, 0.25) is 10.0 Å². The third kappa shape index (κ3) is 2.57. The molecular weight excluding hydrogens is 269 g/mol. The van der Waals surface area contributed by atoms with Crippen molar-refractivity contribution in [3.05, 3.63) is 22.7 Å². The van der Waals surface area contributed by atoms with Crippen molar-refractivity contribution in [2.45, 2.75) is 11.1 Å². The molecule has 0 aliphatic rings. The van der Waals surface area contributed by atoms with E-state index in [-0.39, 0.29) is 0 Å². The summed E-state index contributed by atoms with van der Waals surface area (Å²) in [5.74, 6) is 0. The van der Waals surface area contributed by atoms with Gasteiger partial charge in [-0.05, 0) is 12.1 Å². The van der Waals surface area contributed by atoms with Crippen LogP contribution in [0.2, 0.25) is 5.02 Å². The van der Waals surface area contributed by atoms with Gasteiger partial charge in [-0.1, -0.05) is 11.6 Å². The van der Waals surface area contributed by atoms with Gasteiger partial charge in [0.15, 0.2) is 0 Å². The van der Waals surface area contributed by atoms with Crippen molar-refractivity contribution in [1.82, 2.24) is 0 Å². The Hall–Kier alpha value is -0.990. The zero-order chi connectivity index (χ0) is 12.7. The summed E-state index contributed by atoms with van der Waals surface area (Å²) in [7, 11) is -4.26. The molecule has 0 aromatic heterocycles. The lowest BCUT2D eigenvalue weighted by Gasteiger charge is -2.12. The van der Waals surface area contributed by atoms with Crippen LogP contribution < -0.4 is 10.9 Å². The summed E-state index contributed by atoms with van der Waals surface area (Å²) in [5, 5.41) is 4.18. The van der Waals surface area contributed by atoms with E-state index in [4.69, 9.17) is 22.5 Å². The van der Waals surface area contributed by atoms with E-state index in [2.05, 4.69) is 0 Å². The van der Waals surface area contributed by atoms with Gasteiger partial charge in [-0.3, -0.25) is 0 Å². The van der Waals surface area contributed by atoms with Crippen molar-refractivity contribution >= 4 is 27.3 Å². The molecular formula is C7H6ClF3N2O2S. The monoisotopic (exact) mass is 274 g/mol.